The SMILES string of the molecule is CC[C@@H](C(=O)Nc1cccc(C(F)(F)F)c1)N(c1ccc(C)cc1)S(C)(=O)=O. The lowest BCUT2D eigenvalue weighted by atomic mass is 10.1. The number of carbonyl (C=O) groups is 1. The van der Waals surface area contributed by atoms with E-state index in [-0.39, 0.29) is 12.1 Å². The predicted molar refractivity (Wildman–Crippen MR) is 103 cm³/mol. The minimum Gasteiger partial charge on any atom is -0.324 e. The Hall–Kier alpha value is -2.55. The number of amides is 1. The molecule has 2 aromatic carbocycles. The second-order valence-electron chi connectivity index (χ2n) is 6.39. The Balaban J connectivity index is 2.36. The first-order valence-electron chi connectivity index (χ1n) is 8.47. The molecule has 0 heterocycles. The largest absolute Gasteiger partial charge is 0.416 e. The maximum atomic E-state index is 12.9. The van der Waals surface area contributed by atoms with E-state index in [1.165, 1.54) is 12.1 Å². The summed E-state index contributed by atoms with van der Waals surface area (Å²) in [5, 5.41) is 2.39. The molecule has 0 aromatic heterocycles. The zero-order chi connectivity index (χ0) is 21.1. The maximum Gasteiger partial charge on any atom is 0.416 e. The van der Waals surface area contributed by atoms with Gasteiger partial charge in [-0.1, -0.05) is 30.7 Å². The molecule has 2 aromatic rings. The van der Waals surface area contributed by atoms with Gasteiger partial charge in [-0.2, -0.15) is 13.2 Å². The fraction of sp³-hybridized carbons (Fsp3) is 0.316. The Morgan fingerprint density at radius 3 is 2.25 bits per heavy atom. The summed E-state index contributed by atoms with van der Waals surface area (Å²) in [6, 6.07) is 9.66. The van der Waals surface area contributed by atoms with Crippen LogP contribution in [0, 0.1) is 6.92 Å². The zero-order valence-electron chi connectivity index (χ0n) is 15.6. The van der Waals surface area contributed by atoms with Crippen molar-refractivity contribution in [1.29, 1.82) is 0 Å². The van der Waals surface area contributed by atoms with Gasteiger partial charge in [-0.3, -0.25) is 9.10 Å². The number of halogens is 3. The topological polar surface area (TPSA) is 66.5 Å². The molecule has 0 unspecified atom stereocenters. The highest BCUT2D eigenvalue weighted by Crippen LogP contribution is 2.31. The van der Waals surface area contributed by atoms with Crippen molar-refractivity contribution in [2.75, 3.05) is 15.9 Å². The predicted octanol–water partition coefficient (Wildman–Crippen LogP) is 4.20. The van der Waals surface area contributed by atoms with Crippen molar-refractivity contribution in [1.82, 2.24) is 0 Å². The van der Waals surface area contributed by atoms with Crippen molar-refractivity contribution in [3.05, 3.63) is 59.7 Å². The van der Waals surface area contributed by atoms with Gasteiger partial charge in [0.15, 0.2) is 0 Å². The third-order valence-corrected chi connectivity index (χ3v) is 5.26. The molecule has 0 fully saturated rings. The van der Waals surface area contributed by atoms with Gasteiger partial charge in [0.2, 0.25) is 15.9 Å². The van der Waals surface area contributed by atoms with Gasteiger partial charge in [-0.15, -0.1) is 0 Å². The summed E-state index contributed by atoms with van der Waals surface area (Å²) in [7, 11) is -3.82. The third kappa shape index (κ3) is 5.25. The fourth-order valence-corrected chi connectivity index (χ4v) is 3.96. The molecule has 1 amide bonds. The molecule has 0 saturated carbocycles. The lowest BCUT2D eigenvalue weighted by molar-refractivity contribution is -0.137. The summed E-state index contributed by atoms with van der Waals surface area (Å²) in [6.07, 6.45) is -3.44. The summed E-state index contributed by atoms with van der Waals surface area (Å²) < 4.78 is 64.3. The molecule has 5 nitrogen and oxygen atoms in total. The van der Waals surface area contributed by atoms with Gasteiger partial charge < -0.3 is 5.32 Å². The average molecular weight is 414 g/mol. The van der Waals surface area contributed by atoms with Crippen LogP contribution in [0.1, 0.15) is 24.5 Å². The van der Waals surface area contributed by atoms with Crippen molar-refractivity contribution in [2.24, 2.45) is 0 Å². The minimum absolute atomic E-state index is 0.0596. The molecular formula is C19H21F3N2O3S. The Labute approximate surface area is 162 Å². The van der Waals surface area contributed by atoms with Crippen LogP contribution in [-0.2, 0) is 21.0 Å². The summed E-state index contributed by atoms with van der Waals surface area (Å²) in [4.78, 5) is 12.7. The summed E-state index contributed by atoms with van der Waals surface area (Å²) >= 11 is 0. The monoisotopic (exact) mass is 414 g/mol. The van der Waals surface area contributed by atoms with Crippen LogP contribution in [0.15, 0.2) is 48.5 Å². The molecule has 0 aliphatic heterocycles. The molecule has 0 radical (unpaired) electrons. The van der Waals surface area contributed by atoms with Crippen LogP contribution in [0.2, 0.25) is 0 Å². The summed E-state index contributed by atoms with van der Waals surface area (Å²) in [5.41, 5.74) is 0.255. The van der Waals surface area contributed by atoms with Crippen molar-refractivity contribution in [2.45, 2.75) is 32.5 Å². The minimum atomic E-state index is -4.55. The first-order chi connectivity index (χ1) is 12.9. The number of nitrogens with zero attached hydrogens (tertiary/aromatic N) is 1. The second-order valence-corrected chi connectivity index (χ2v) is 8.25. The van der Waals surface area contributed by atoms with Crippen molar-refractivity contribution >= 4 is 27.3 Å². The average Bonchev–Trinajstić information content (AvgIpc) is 2.59. The normalized spacial score (nSPS) is 13.1. The number of sulfonamides is 1. The quantitative estimate of drug-likeness (QED) is 0.771. The lowest BCUT2D eigenvalue weighted by Crippen LogP contribution is -2.47. The number of hydrogen-bond donors (Lipinski definition) is 1. The fourth-order valence-electron chi connectivity index (χ4n) is 2.75. The van der Waals surface area contributed by atoms with Gasteiger partial charge >= 0.3 is 6.18 Å². The molecule has 0 bridgehead atoms. The van der Waals surface area contributed by atoms with Crippen LogP contribution < -0.4 is 9.62 Å². The molecular weight excluding hydrogens is 393 g/mol. The Bertz CT molecular complexity index is 942. The van der Waals surface area contributed by atoms with Gasteiger partial charge in [0.05, 0.1) is 17.5 Å². The molecule has 9 heteroatoms. The molecule has 1 N–H and O–H groups in total. The number of hydrogen-bond acceptors (Lipinski definition) is 3. The van der Waals surface area contributed by atoms with Crippen molar-refractivity contribution in [3.63, 3.8) is 0 Å². The summed E-state index contributed by atoms with van der Waals surface area (Å²) in [6.45, 7) is 3.47. The van der Waals surface area contributed by atoms with Crippen molar-refractivity contribution in [3.8, 4) is 0 Å². The maximum absolute atomic E-state index is 12.9. The van der Waals surface area contributed by atoms with Gasteiger partial charge in [0.25, 0.3) is 0 Å². The van der Waals surface area contributed by atoms with E-state index in [0.717, 1.165) is 28.3 Å². The van der Waals surface area contributed by atoms with Crippen molar-refractivity contribution < 1.29 is 26.4 Å². The first-order valence-corrected chi connectivity index (χ1v) is 10.3. The number of benzene rings is 2. The molecule has 0 aliphatic rings. The van der Waals surface area contributed by atoms with Crippen LogP contribution in [0.25, 0.3) is 0 Å². The van der Waals surface area contributed by atoms with E-state index in [9.17, 15) is 26.4 Å². The second kappa shape index (κ2) is 8.22. The number of anilines is 2. The van der Waals surface area contributed by atoms with Crippen LogP contribution in [0.3, 0.4) is 0 Å². The standard InChI is InChI=1S/C19H21F3N2O3S/c1-4-17(24(28(3,26)27)16-10-8-13(2)9-11-16)18(25)23-15-7-5-6-14(12-15)19(20,21)22/h5-12,17H,4H2,1-3H3,(H,23,25)/t17-/m0/s1. The Morgan fingerprint density at radius 2 is 1.75 bits per heavy atom. The highest BCUT2D eigenvalue weighted by Gasteiger charge is 2.33. The van der Waals surface area contributed by atoms with Crippen LogP contribution in [0.5, 0.6) is 0 Å². The highest BCUT2D eigenvalue weighted by molar-refractivity contribution is 7.92. The number of aryl methyl sites for hydroxylation is 1. The molecule has 0 saturated heterocycles. The molecule has 1 atom stereocenters. The van der Waals surface area contributed by atoms with E-state index in [2.05, 4.69) is 5.32 Å². The number of nitrogens with one attached hydrogen (secondary N) is 1. The van der Waals surface area contributed by atoms with Gasteiger partial charge in [-0.25, -0.2) is 8.42 Å². The Morgan fingerprint density at radius 1 is 1.14 bits per heavy atom. The van der Waals surface area contributed by atoms with E-state index >= 15 is 0 Å². The molecule has 28 heavy (non-hydrogen) atoms. The van der Waals surface area contributed by atoms with E-state index in [1.807, 2.05) is 6.92 Å². The summed E-state index contributed by atoms with van der Waals surface area (Å²) in [5.74, 6) is -0.715. The van der Waals surface area contributed by atoms with Gasteiger partial charge in [0.1, 0.15) is 6.04 Å². The number of alkyl halides is 3. The van der Waals surface area contributed by atoms with Crippen LogP contribution in [0.4, 0.5) is 24.5 Å². The molecule has 0 aliphatic carbocycles. The van der Waals surface area contributed by atoms with E-state index in [4.69, 9.17) is 0 Å². The molecule has 0 spiro atoms. The zero-order valence-corrected chi connectivity index (χ0v) is 16.4. The molecule has 152 valence electrons. The number of carbonyl (C=O) groups excluding carboxylic acids is 1. The van der Waals surface area contributed by atoms with Crippen LogP contribution >= 0.6 is 0 Å². The smallest absolute Gasteiger partial charge is 0.324 e. The van der Waals surface area contributed by atoms with E-state index in [0.29, 0.717) is 5.69 Å². The third-order valence-electron chi connectivity index (χ3n) is 4.08. The van der Waals surface area contributed by atoms with Crippen LogP contribution in [-0.4, -0.2) is 26.6 Å². The van der Waals surface area contributed by atoms with Gasteiger partial charge in [-0.05, 0) is 43.7 Å². The highest BCUT2D eigenvalue weighted by atomic mass is 32.2. The van der Waals surface area contributed by atoms with Gasteiger partial charge in [0, 0.05) is 5.69 Å². The number of rotatable bonds is 6. The van der Waals surface area contributed by atoms with E-state index < -0.39 is 33.7 Å². The molecule has 2 rings (SSSR count). The Kier molecular flexibility index (Phi) is 6.38. The first kappa shape index (κ1) is 21.7. The lowest BCUT2D eigenvalue weighted by Gasteiger charge is -2.30. The van der Waals surface area contributed by atoms with E-state index in [1.54, 1.807) is 31.2 Å².